The van der Waals surface area contributed by atoms with Crippen LogP contribution >= 0.6 is 11.8 Å². The maximum Gasteiger partial charge on any atom is 0.0994 e. The Morgan fingerprint density at radius 1 is 1.41 bits per heavy atom. The first-order valence-corrected chi connectivity index (χ1v) is 7.25. The topological polar surface area (TPSA) is 23.5 Å². The fourth-order valence-electron chi connectivity index (χ4n) is 2.36. The number of β-amino-alcohol motifs (C(OH)–C–C–N with tert-alkyl or cyclic N) is 1. The summed E-state index contributed by atoms with van der Waals surface area (Å²) in [5, 5.41) is 11.3. The monoisotopic (exact) mass is 251 g/mol. The highest BCUT2D eigenvalue weighted by Crippen LogP contribution is 2.25. The first kappa shape index (κ1) is 12.9. The van der Waals surface area contributed by atoms with Crippen LogP contribution in [-0.2, 0) is 5.60 Å². The second-order valence-corrected chi connectivity index (χ2v) is 6.60. The van der Waals surface area contributed by atoms with E-state index in [2.05, 4.69) is 11.8 Å². The van der Waals surface area contributed by atoms with Gasteiger partial charge < -0.3 is 5.11 Å². The molecule has 3 heteroatoms. The Hall–Kier alpha value is -0.510. The van der Waals surface area contributed by atoms with E-state index in [4.69, 9.17) is 0 Å². The summed E-state index contributed by atoms with van der Waals surface area (Å²) in [5.41, 5.74) is 0.258. The van der Waals surface area contributed by atoms with Crippen molar-refractivity contribution in [2.24, 2.45) is 0 Å². The average molecular weight is 251 g/mol. The Balaban J connectivity index is 2.01. The van der Waals surface area contributed by atoms with Crippen molar-refractivity contribution >= 4 is 11.8 Å². The molecule has 0 spiro atoms. The Labute approximate surface area is 108 Å². The van der Waals surface area contributed by atoms with Crippen molar-refractivity contribution in [3.63, 3.8) is 0 Å². The molecule has 94 valence electrons. The van der Waals surface area contributed by atoms with Crippen molar-refractivity contribution in [3.8, 4) is 0 Å². The Morgan fingerprint density at radius 2 is 2.12 bits per heavy atom. The van der Waals surface area contributed by atoms with Crippen molar-refractivity contribution in [2.45, 2.75) is 24.7 Å². The van der Waals surface area contributed by atoms with Crippen molar-refractivity contribution < 1.29 is 5.11 Å². The maximum atomic E-state index is 10.6. The number of rotatable bonds is 3. The first-order valence-electron chi connectivity index (χ1n) is 6.20. The molecule has 1 fully saturated rings. The van der Waals surface area contributed by atoms with Crippen LogP contribution in [0.5, 0.6) is 0 Å². The lowest BCUT2D eigenvalue weighted by atomic mass is 9.95. The summed E-state index contributed by atoms with van der Waals surface area (Å²) in [4.78, 5) is 2.37. The van der Waals surface area contributed by atoms with Crippen molar-refractivity contribution in [2.75, 3.05) is 25.4 Å². The summed E-state index contributed by atoms with van der Waals surface area (Å²) in [5.74, 6) is 1.17. The van der Waals surface area contributed by atoms with Crippen LogP contribution in [0.25, 0.3) is 0 Å². The van der Waals surface area contributed by atoms with Gasteiger partial charge in [0.05, 0.1) is 5.60 Å². The smallest absolute Gasteiger partial charge is 0.0994 e. The minimum Gasteiger partial charge on any atom is -0.384 e. The summed E-state index contributed by atoms with van der Waals surface area (Å²) < 4.78 is 0. The zero-order chi connectivity index (χ0) is 12.3. The number of hydrogen-bond donors (Lipinski definition) is 1. The molecule has 1 aliphatic heterocycles. The van der Waals surface area contributed by atoms with E-state index in [1.807, 2.05) is 49.0 Å². The van der Waals surface area contributed by atoms with Gasteiger partial charge in [-0.3, -0.25) is 4.90 Å². The Bertz CT molecular complexity index is 352. The van der Waals surface area contributed by atoms with Gasteiger partial charge in [-0.25, -0.2) is 0 Å². The normalized spacial score (nSPS) is 25.5. The van der Waals surface area contributed by atoms with Crippen LogP contribution in [0.2, 0.25) is 0 Å². The van der Waals surface area contributed by atoms with Crippen LogP contribution in [0.15, 0.2) is 30.3 Å². The van der Waals surface area contributed by atoms with Crippen LogP contribution in [0, 0.1) is 0 Å². The first-order chi connectivity index (χ1) is 8.08. The zero-order valence-corrected chi connectivity index (χ0v) is 11.4. The zero-order valence-electron chi connectivity index (χ0n) is 10.6. The highest BCUT2D eigenvalue weighted by atomic mass is 32.2. The van der Waals surface area contributed by atoms with Gasteiger partial charge >= 0.3 is 0 Å². The molecule has 2 atom stereocenters. The van der Waals surface area contributed by atoms with Crippen LogP contribution < -0.4 is 0 Å². The molecule has 0 amide bonds. The molecule has 1 saturated heterocycles. The number of nitrogens with zero attached hydrogens (tertiary/aromatic N) is 1. The SMILES string of the molecule is CC1CN(CC(C)(O)c2ccccc2)CCS1. The molecule has 0 aromatic heterocycles. The minimum atomic E-state index is -0.747. The molecule has 2 unspecified atom stereocenters. The van der Waals surface area contributed by atoms with E-state index in [0.717, 1.165) is 25.2 Å². The van der Waals surface area contributed by atoms with E-state index in [1.54, 1.807) is 0 Å². The van der Waals surface area contributed by atoms with Crippen LogP contribution in [0.4, 0.5) is 0 Å². The molecule has 0 aliphatic carbocycles. The van der Waals surface area contributed by atoms with E-state index in [-0.39, 0.29) is 0 Å². The van der Waals surface area contributed by atoms with Gasteiger partial charge in [-0.1, -0.05) is 37.3 Å². The fraction of sp³-hybridized carbons (Fsp3) is 0.571. The lowest BCUT2D eigenvalue weighted by Gasteiger charge is -2.36. The van der Waals surface area contributed by atoms with E-state index < -0.39 is 5.60 Å². The fourth-order valence-corrected chi connectivity index (χ4v) is 3.44. The summed E-state index contributed by atoms with van der Waals surface area (Å²) >= 11 is 2.02. The van der Waals surface area contributed by atoms with Gasteiger partial charge in [0.25, 0.3) is 0 Å². The van der Waals surface area contributed by atoms with Crippen molar-refractivity contribution in [3.05, 3.63) is 35.9 Å². The van der Waals surface area contributed by atoms with Crippen LogP contribution in [0.3, 0.4) is 0 Å². The maximum absolute atomic E-state index is 10.6. The highest BCUT2D eigenvalue weighted by Gasteiger charge is 2.28. The van der Waals surface area contributed by atoms with Gasteiger partial charge in [-0.05, 0) is 12.5 Å². The summed E-state index contributed by atoms with van der Waals surface area (Å²) in [6.07, 6.45) is 0. The lowest BCUT2D eigenvalue weighted by Crippen LogP contribution is -2.44. The van der Waals surface area contributed by atoms with E-state index in [1.165, 1.54) is 5.75 Å². The highest BCUT2D eigenvalue weighted by molar-refractivity contribution is 7.99. The number of aliphatic hydroxyl groups is 1. The lowest BCUT2D eigenvalue weighted by molar-refractivity contribution is 0.0172. The predicted octanol–water partition coefficient (Wildman–Crippen LogP) is 2.33. The molecule has 2 nitrogen and oxygen atoms in total. The second-order valence-electron chi connectivity index (χ2n) is 5.06. The molecule has 1 aliphatic rings. The van der Waals surface area contributed by atoms with Gasteiger partial charge in [0.1, 0.15) is 0 Å². The Morgan fingerprint density at radius 3 is 2.76 bits per heavy atom. The largest absolute Gasteiger partial charge is 0.384 e. The molecule has 1 aromatic carbocycles. The summed E-state index contributed by atoms with van der Waals surface area (Å²) in [6.45, 7) is 7.05. The minimum absolute atomic E-state index is 0.676. The van der Waals surface area contributed by atoms with Crippen LogP contribution in [-0.4, -0.2) is 40.6 Å². The molecular weight excluding hydrogens is 230 g/mol. The number of thioether (sulfide) groups is 1. The van der Waals surface area contributed by atoms with E-state index >= 15 is 0 Å². The number of hydrogen-bond acceptors (Lipinski definition) is 3. The van der Waals surface area contributed by atoms with Crippen molar-refractivity contribution in [1.29, 1.82) is 0 Å². The predicted molar refractivity (Wildman–Crippen MR) is 74.4 cm³/mol. The molecule has 1 N–H and O–H groups in total. The molecule has 2 rings (SSSR count). The van der Waals surface area contributed by atoms with Crippen molar-refractivity contribution in [1.82, 2.24) is 4.90 Å². The number of benzene rings is 1. The van der Waals surface area contributed by atoms with E-state index in [9.17, 15) is 5.11 Å². The Kier molecular flexibility index (Phi) is 4.13. The summed E-state index contributed by atoms with van der Waals surface area (Å²) in [6, 6.07) is 9.96. The second kappa shape index (κ2) is 5.42. The van der Waals surface area contributed by atoms with Gasteiger partial charge in [-0.15, -0.1) is 0 Å². The third-order valence-electron chi connectivity index (χ3n) is 3.25. The van der Waals surface area contributed by atoms with E-state index in [0.29, 0.717) is 5.25 Å². The third-order valence-corrected chi connectivity index (χ3v) is 4.39. The standard InChI is InChI=1S/C14H21NOS/c1-12-10-15(8-9-17-12)11-14(2,16)13-6-4-3-5-7-13/h3-7,12,16H,8-11H2,1-2H3. The molecule has 0 radical (unpaired) electrons. The van der Waals surface area contributed by atoms with Gasteiger partial charge in [0.15, 0.2) is 0 Å². The van der Waals surface area contributed by atoms with Gasteiger partial charge in [0, 0.05) is 30.6 Å². The van der Waals surface area contributed by atoms with Gasteiger partial charge in [-0.2, -0.15) is 11.8 Å². The quantitative estimate of drug-likeness (QED) is 0.892. The molecule has 1 aromatic rings. The molecule has 17 heavy (non-hydrogen) atoms. The van der Waals surface area contributed by atoms with Crippen LogP contribution in [0.1, 0.15) is 19.4 Å². The van der Waals surface area contributed by atoms with Gasteiger partial charge in [0.2, 0.25) is 0 Å². The molecular formula is C14H21NOS. The molecule has 1 heterocycles. The molecule has 0 saturated carbocycles. The average Bonchev–Trinajstić information content (AvgIpc) is 2.29. The summed E-state index contributed by atoms with van der Waals surface area (Å²) in [7, 11) is 0. The molecule has 0 bridgehead atoms. The third kappa shape index (κ3) is 3.47.